The molecule has 13 heteroatoms. The molecule has 0 bridgehead atoms. The van der Waals surface area contributed by atoms with Crippen molar-refractivity contribution in [2.24, 2.45) is 0 Å². The average Bonchev–Trinajstić information content (AvgIpc) is 3.43. The molecule has 2 amide bonds. The number of amides is 2. The van der Waals surface area contributed by atoms with E-state index in [2.05, 4.69) is 25.7 Å². The zero-order valence-electron chi connectivity index (χ0n) is 26.3. The highest BCUT2D eigenvalue weighted by molar-refractivity contribution is 7.92. The topological polar surface area (TPSA) is 154 Å². The maximum atomic E-state index is 13.5. The molecule has 3 aromatic carbocycles. The van der Waals surface area contributed by atoms with Crippen LogP contribution < -0.4 is 24.8 Å². The lowest BCUT2D eigenvalue weighted by Gasteiger charge is -2.24. The van der Waals surface area contributed by atoms with Crippen LogP contribution in [0.15, 0.2) is 66.9 Å². The number of carbonyl (C=O) groups excluding carboxylic acids is 2. The minimum Gasteiger partial charge on any atom is -0.492 e. The van der Waals surface area contributed by atoms with Crippen LogP contribution in [0.4, 0.5) is 16.2 Å². The van der Waals surface area contributed by atoms with Gasteiger partial charge in [0.25, 0.3) is 11.8 Å². The third kappa shape index (κ3) is 8.38. The van der Waals surface area contributed by atoms with E-state index in [1.165, 1.54) is 18.0 Å². The maximum Gasteiger partial charge on any atom is 0.414 e. The zero-order chi connectivity index (χ0) is 32.9. The molecule has 0 saturated heterocycles. The van der Waals surface area contributed by atoms with Crippen LogP contribution in [0.5, 0.6) is 11.6 Å². The molecule has 3 N–H and O–H groups in total. The molecule has 0 aliphatic carbocycles. The summed E-state index contributed by atoms with van der Waals surface area (Å²) in [6.45, 7) is 9.73. The number of aromatic nitrogens is 3. The van der Waals surface area contributed by atoms with Gasteiger partial charge in [-0.15, -0.1) is 0 Å². The van der Waals surface area contributed by atoms with Gasteiger partial charge in [0.2, 0.25) is 10.0 Å². The molecule has 45 heavy (non-hydrogen) atoms. The fourth-order valence-corrected chi connectivity index (χ4v) is 5.18. The van der Waals surface area contributed by atoms with Crippen molar-refractivity contribution in [1.29, 1.82) is 0 Å². The van der Waals surface area contributed by atoms with Gasteiger partial charge in [-0.2, -0.15) is 0 Å². The average molecular weight is 635 g/mol. The second-order valence-electron chi connectivity index (χ2n) is 11.6. The first-order valence-electron chi connectivity index (χ1n) is 14.3. The van der Waals surface area contributed by atoms with Crippen LogP contribution in [-0.4, -0.2) is 48.8 Å². The number of carbonyl (C=O) groups is 2. The summed E-state index contributed by atoms with van der Waals surface area (Å²) in [5.74, 6) is -0.310. The number of ether oxygens (including phenoxy) is 2. The second kappa shape index (κ2) is 13.4. The Bertz CT molecular complexity index is 1800. The Morgan fingerprint density at radius 2 is 1.71 bits per heavy atom. The van der Waals surface area contributed by atoms with E-state index < -0.39 is 22.0 Å². The summed E-state index contributed by atoms with van der Waals surface area (Å²) >= 11 is 0. The van der Waals surface area contributed by atoms with Crippen LogP contribution in [0, 0.1) is 6.92 Å². The van der Waals surface area contributed by atoms with Gasteiger partial charge in [-0.25, -0.2) is 17.9 Å². The Kier molecular flexibility index (Phi) is 9.81. The monoisotopic (exact) mass is 634 g/mol. The molecule has 1 atom stereocenters. The van der Waals surface area contributed by atoms with E-state index in [-0.39, 0.29) is 28.8 Å². The minimum absolute atomic E-state index is 0.0145. The summed E-state index contributed by atoms with van der Waals surface area (Å²) in [4.78, 5) is 26.1. The first-order chi connectivity index (χ1) is 21.2. The van der Waals surface area contributed by atoms with Crippen molar-refractivity contribution in [3.05, 3.63) is 89.1 Å². The Hall–Kier alpha value is -4.91. The SMILES string of the molecule is CC[C@@H](NC(=O)Oc1cn(-c2cc(C(=O)Nc3cc(C(C)(C)C)cc(NS(C)(=O)=O)c3OC)ccc2C)nn1)c1ccccc1. The first-order valence-corrected chi connectivity index (χ1v) is 16.2. The van der Waals surface area contributed by atoms with E-state index in [0.29, 0.717) is 23.4 Å². The number of methoxy groups -OCH3 is 1. The molecule has 0 aliphatic heterocycles. The lowest BCUT2D eigenvalue weighted by Crippen LogP contribution is -2.30. The molecular weight excluding hydrogens is 596 g/mol. The van der Waals surface area contributed by atoms with Gasteiger partial charge in [0, 0.05) is 5.56 Å². The van der Waals surface area contributed by atoms with Crippen LogP contribution in [0.1, 0.15) is 67.2 Å². The molecule has 12 nitrogen and oxygen atoms in total. The molecular formula is C32H38N6O6S. The van der Waals surface area contributed by atoms with Crippen LogP contribution in [-0.2, 0) is 15.4 Å². The van der Waals surface area contributed by atoms with Crippen molar-refractivity contribution in [1.82, 2.24) is 20.3 Å². The fraction of sp³-hybridized carbons (Fsp3) is 0.312. The van der Waals surface area contributed by atoms with Gasteiger partial charge in [0.1, 0.15) is 0 Å². The molecule has 0 aliphatic rings. The fourth-order valence-electron chi connectivity index (χ4n) is 4.63. The number of sulfonamides is 1. The Morgan fingerprint density at radius 1 is 1.02 bits per heavy atom. The van der Waals surface area contributed by atoms with Crippen molar-refractivity contribution >= 4 is 33.4 Å². The number of hydrogen-bond acceptors (Lipinski definition) is 8. The van der Waals surface area contributed by atoms with Crippen molar-refractivity contribution in [2.75, 3.05) is 23.4 Å². The third-order valence-corrected chi connectivity index (χ3v) is 7.58. The number of benzene rings is 3. The van der Waals surface area contributed by atoms with Crippen molar-refractivity contribution < 1.29 is 27.5 Å². The van der Waals surface area contributed by atoms with Gasteiger partial charge in [0.05, 0.1) is 42.7 Å². The molecule has 4 aromatic rings. The predicted molar refractivity (Wildman–Crippen MR) is 173 cm³/mol. The summed E-state index contributed by atoms with van der Waals surface area (Å²) in [5, 5.41) is 13.8. The number of nitrogens with one attached hydrogen (secondary N) is 3. The van der Waals surface area contributed by atoms with Crippen LogP contribution >= 0.6 is 0 Å². The van der Waals surface area contributed by atoms with Gasteiger partial charge in [-0.05, 0) is 59.7 Å². The van der Waals surface area contributed by atoms with Gasteiger partial charge >= 0.3 is 6.09 Å². The molecule has 0 saturated carbocycles. The van der Waals surface area contributed by atoms with E-state index in [0.717, 1.165) is 22.9 Å². The Balaban J connectivity index is 1.56. The zero-order valence-corrected chi connectivity index (χ0v) is 27.2. The summed E-state index contributed by atoms with van der Waals surface area (Å²) in [5.41, 5.74) is 3.50. The van der Waals surface area contributed by atoms with Crippen molar-refractivity contribution in [3.63, 3.8) is 0 Å². The quantitative estimate of drug-likeness (QED) is 0.199. The third-order valence-electron chi connectivity index (χ3n) is 6.99. The lowest BCUT2D eigenvalue weighted by molar-refractivity contribution is 0.102. The number of hydrogen-bond donors (Lipinski definition) is 3. The van der Waals surface area contributed by atoms with Crippen LogP contribution in [0.25, 0.3) is 5.69 Å². The smallest absolute Gasteiger partial charge is 0.414 e. The summed E-state index contributed by atoms with van der Waals surface area (Å²) in [6, 6.07) is 17.8. The maximum absolute atomic E-state index is 13.5. The molecule has 238 valence electrons. The molecule has 1 aromatic heterocycles. The van der Waals surface area contributed by atoms with E-state index in [9.17, 15) is 18.0 Å². The van der Waals surface area contributed by atoms with E-state index in [1.54, 1.807) is 30.3 Å². The molecule has 0 spiro atoms. The molecule has 0 radical (unpaired) electrons. The Labute approximate surface area is 263 Å². The standard InChI is InChI=1S/C32H38N6O6S/c1-8-24(21-12-10-9-11-13-21)34-31(40)44-28-19-38(37-35-28)27-16-22(15-14-20(27)2)30(39)33-25-17-23(32(3,4)5)18-26(29(25)43-6)36-45(7,41)42/h9-19,24,36H,8H2,1-7H3,(H,33,39)(H,34,40)/t24-/m1/s1. The summed E-state index contributed by atoms with van der Waals surface area (Å²) < 4.78 is 38.9. The van der Waals surface area contributed by atoms with Crippen LogP contribution in [0.3, 0.4) is 0 Å². The van der Waals surface area contributed by atoms with Crippen molar-refractivity contribution in [3.8, 4) is 17.3 Å². The van der Waals surface area contributed by atoms with Crippen molar-refractivity contribution in [2.45, 2.75) is 52.5 Å². The summed E-state index contributed by atoms with van der Waals surface area (Å²) in [6.07, 6.45) is 2.49. The first kappa shape index (κ1) is 33.0. The number of nitrogens with zero attached hydrogens (tertiary/aromatic N) is 3. The normalized spacial score (nSPS) is 12.2. The second-order valence-corrected chi connectivity index (χ2v) is 13.3. The largest absolute Gasteiger partial charge is 0.492 e. The van der Waals surface area contributed by atoms with E-state index in [4.69, 9.17) is 9.47 Å². The highest BCUT2D eigenvalue weighted by Crippen LogP contribution is 2.39. The molecule has 1 heterocycles. The number of rotatable bonds is 10. The summed E-state index contributed by atoms with van der Waals surface area (Å²) in [7, 11) is -2.23. The molecule has 0 fully saturated rings. The van der Waals surface area contributed by atoms with Gasteiger partial charge in [0.15, 0.2) is 5.75 Å². The number of anilines is 2. The Morgan fingerprint density at radius 3 is 2.33 bits per heavy atom. The van der Waals surface area contributed by atoms with Gasteiger partial charge < -0.3 is 20.1 Å². The predicted octanol–water partition coefficient (Wildman–Crippen LogP) is 5.75. The number of aryl methyl sites for hydroxylation is 1. The van der Waals surface area contributed by atoms with Gasteiger partial charge in [-0.3, -0.25) is 9.52 Å². The molecule has 4 rings (SSSR count). The highest BCUT2D eigenvalue weighted by atomic mass is 32.2. The van der Waals surface area contributed by atoms with Crippen LogP contribution in [0.2, 0.25) is 0 Å². The van der Waals surface area contributed by atoms with E-state index >= 15 is 0 Å². The van der Waals surface area contributed by atoms with Gasteiger partial charge in [-0.1, -0.05) is 74.4 Å². The molecule has 0 unspecified atom stereocenters. The highest BCUT2D eigenvalue weighted by Gasteiger charge is 2.23. The minimum atomic E-state index is -3.63. The van der Waals surface area contributed by atoms with E-state index in [1.807, 2.05) is 65.0 Å². The lowest BCUT2D eigenvalue weighted by atomic mass is 9.86.